The molecule has 8 heteroatoms. The zero-order valence-electron chi connectivity index (χ0n) is 21.2. The van der Waals surface area contributed by atoms with Gasteiger partial charge in [-0.3, -0.25) is 13.6 Å². The molecule has 0 bridgehead atoms. The first kappa shape index (κ1) is 26.6. The standard InChI is InChI=1S/C30H26BF2N3O2/c1-3-21-34-27(23-11-7-5-8-12-23)28-26(20-17-22-15-18-25(19-16-22)30(37)38-4-2)35-29(36(28)31(32)33)24-13-9-6-10-14-24/h5-16,18-19H,3-4,21H2,1-2H3. The second-order valence-corrected chi connectivity index (χ2v) is 8.29. The molecule has 0 radical (unpaired) electrons. The van der Waals surface area contributed by atoms with Gasteiger partial charge in [0.1, 0.15) is 11.5 Å². The Hall–Kier alpha value is -4.51. The zero-order chi connectivity index (χ0) is 26.9. The van der Waals surface area contributed by atoms with Gasteiger partial charge in [0.25, 0.3) is 0 Å². The molecular weight excluding hydrogens is 483 g/mol. The van der Waals surface area contributed by atoms with Crippen molar-refractivity contribution < 1.29 is 18.2 Å². The topological polar surface area (TPSA) is 56.5 Å². The minimum Gasteiger partial charge on any atom is -0.462 e. The van der Waals surface area contributed by atoms with E-state index in [0.29, 0.717) is 34.5 Å². The van der Waals surface area contributed by atoms with E-state index in [2.05, 4.69) is 16.8 Å². The maximum atomic E-state index is 14.7. The van der Waals surface area contributed by atoms with Gasteiger partial charge in [0.2, 0.25) is 0 Å². The fourth-order valence-corrected chi connectivity index (χ4v) is 3.88. The lowest BCUT2D eigenvalue weighted by atomic mass is 10.0. The lowest BCUT2D eigenvalue weighted by Crippen LogP contribution is -2.22. The number of rotatable bonds is 8. The molecule has 0 aliphatic rings. The van der Waals surface area contributed by atoms with Gasteiger partial charge in [-0.05, 0) is 43.5 Å². The molecule has 0 N–H and O–H groups in total. The van der Waals surface area contributed by atoms with Crippen molar-refractivity contribution in [2.45, 2.75) is 20.3 Å². The van der Waals surface area contributed by atoms with E-state index in [1.165, 1.54) is 0 Å². The van der Waals surface area contributed by atoms with Crippen LogP contribution in [0.2, 0.25) is 0 Å². The van der Waals surface area contributed by atoms with Crippen LogP contribution in [0.15, 0.2) is 89.9 Å². The lowest BCUT2D eigenvalue weighted by molar-refractivity contribution is 0.0526. The molecule has 0 atom stereocenters. The molecule has 38 heavy (non-hydrogen) atoms. The number of hydrogen-bond donors (Lipinski definition) is 0. The molecule has 0 spiro atoms. The van der Waals surface area contributed by atoms with Crippen molar-refractivity contribution in [3.05, 3.63) is 113 Å². The van der Waals surface area contributed by atoms with E-state index in [-0.39, 0.29) is 23.8 Å². The number of ether oxygens (including phenoxy) is 1. The van der Waals surface area contributed by atoms with E-state index in [4.69, 9.17) is 9.73 Å². The molecule has 4 rings (SSSR count). The summed E-state index contributed by atoms with van der Waals surface area (Å²) < 4.78 is 35.3. The van der Waals surface area contributed by atoms with E-state index in [1.807, 2.05) is 43.3 Å². The molecule has 0 unspecified atom stereocenters. The number of carbonyl (C=O) groups is 1. The third kappa shape index (κ3) is 6.06. The molecule has 0 saturated heterocycles. The summed E-state index contributed by atoms with van der Waals surface area (Å²) >= 11 is 0. The molecule has 0 aliphatic heterocycles. The van der Waals surface area contributed by atoms with Crippen LogP contribution in [0.5, 0.6) is 0 Å². The van der Waals surface area contributed by atoms with Gasteiger partial charge in [0.15, 0.2) is 0 Å². The largest absolute Gasteiger partial charge is 0.679 e. The lowest BCUT2D eigenvalue weighted by Gasteiger charge is -2.12. The number of nitrogens with zero attached hydrogens (tertiary/aromatic N) is 3. The summed E-state index contributed by atoms with van der Waals surface area (Å²) in [4.78, 5) is 21.3. The Labute approximate surface area is 221 Å². The zero-order valence-corrected chi connectivity index (χ0v) is 21.2. The Balaban J connectivity index is 1.90. The summed E-state index contributed by atoms with van der Waals surface area (Å²) in [5, 5.41) is 0. The van der Waals surface area contributed by atoms with Gasteiger partial charge < -0.3 is 9.21 Å². The van der Waals surface area contributed by atoms with Gasteiger partial charge in [-0.25, -0.2) is 9.78 Å². The van der Waals surface area contributed by atoms with Crippen LogP contribution in [0.3, 0.4) is 0 Å². The van der Waals surface area contributed by atoms with Crippen molar-refractivity contribution in [1.82, 2.24) is 9.46 Å². The molecular formula is C30H26BF2N3O2. The van der Waals surface area contributed by atoms with E-state index in [1.54, 1.807) is 55.5 Å². The Bertz CT molecular complexity index is 1470. The number of imidazole rings is 1. The highest BCUT2D eigenvalue weighted by molar-refractivity contribution is 6.43. The summed E-state index contributed by atoms with van der Waals surface area (Å²) in [6, 6.07) is 24.7. The minimum atomic E-state index is -2.87. The van der Waals surface area contributed by atoms with E-state index >= 15 is 0 Å². The normalized spacial score (nSPS) is 11.0. The predicted octanol–water partition coefficient (Wildman–Crippen LogP) is 6.15. The van der Waals surface area contributed by atoms with Crippen LogP contribution in [0.4, 0.5) is 8.63 Å². The first-order valence-corrected chi connectivity index (χ1v) is 12.4. The van der Waals surface area contributed by atoms with Crippen molar-refractivity contribution in [1.29, 1.82) is 0 Å². The number of esters is 1. The Morgan fingerprint density at radius 3 is 2.18 bits per heavy atom. The highest BCUT2D eigenvalue weighted by atomic mass is 19.2. The van der Waals surface area contributed by atoms with Crippen molar-refractivity contribution >= 4 is 19.1 Å². The maximum Gasteiger partial charge on any atom is 0.679 e. The van der Waals surface area contributed by atoms with Gasteiger partial charge in [-0.1, -0.05) is 73.5 Å². The predicted molar refractivity (Wildman–Crippen MR) is 147 cm³/mol. The summed E-state index contributed by atoms with van der Waals surface area (Å²) in [5.74, 6) is 5.71. The van der Waals surface area contributed by atoms with Crippen molar-refractivity contribution in [3.8, 4) is 23.2 Å². The first-order chi connectivity index (χ1) is 18.5. The molecule has 0 amide bonds. The van der Waals surface area contributed by atoms with Crippen LogP contribution in [-0.4, -0.2) is 41.7 Å². The van der Waals surface area contributed by atoms with E-state index in [9.17, 15) is 13.4 Å². The average Bonchev–Trinajstić information content (AvgIpc) is 3.33. The SMILES string of the molecule is CCCN=C(c1ccccc1)c1c(C#Cc2ccc(C(=O)OCC)cc2)nc(-c2ccccc2)n1B(F)F. The fourth-order valence-electron chi connectivity index (χ4n) is 3.88. The molecule has 190 valence electrons. The molecule has 1 heterocycles. The average molecular weight is 509 g/mol. The second kappa shape index (κ2) is 12.6. The third-order valence-corrected chi connectivity index (χ3v) is 5.62. The van der Waals surface area contributed by atoms with Crippen LogP contribution in [0, 0.1) is 11.8 Å². The molecule has 0 aliphatic carbocycles. The quantitative estimate of drug-likeness (QED) is 0.124. The van der Waals surface area contributed by atoms with Gasteiger partial charge >= 0.3 is 13.4 Å². The van der Waals surface area contributed by atoms with Crippen LogP contribution in [0.1, 0.15) is 53.1 Å². The van der Waals surface area contributed by atoms with Crippen LogP contribution >= 0.6 is 0 Å². The van der Waals surface area contributed by atoms with E-state index in [0.717, 1.165) is 10.9 Å². The smallest absolute Gasteiger partial charge is 0.462 e. The fraction of sp³-hybridized carbons (Fsp3) is 0.167. The molecule has 4 aromatic rings. The molecule has 3 aromatic carbocycles. The highest BCUT2D eigenvalue weighted by Gasteiger charge is 2.31. The molecule has 5 nitrogen and oxygen atoms in total. The summed E-state index contributed by atoms with van der Waals surface area (Å²) in [5.41, 5.74) is 3.01. The molecule has 1 aromatic heterocycles. The Morgan fingerprint density at radius 2 is 1.58 bits per heavy atom. The monoisotopic (exact) mass is 509 g/mol. The summed E-state index contributed by atoms with van der Waals surface area (Å²) in [6.45, 7) is 4.46. The number of hydrogen-bond acceptors (Lipinski definition) is 4. The highest BCUT2D eigenvalue weighted by Crippen LogP contribution is 2.26. The summed E-state index contributed by atoms with van der Waals surface area (Å²) in [6.07, 6.45) is 0.749. The maximum absolute atomic E-state index is 14.7. The molecule has 0 fully saturated rings. The van der Waals surface area contributed by atoms with Crippen LogP contribution in [-0.2, 0) is 4.74 Å². The first-order valence-electron chi connectivity index (χ1n) is 12.4. The van der Waals surface area contributed by atoms with Gasteiger partial charge in [-0.2, -0.15) is 0 Å². The van der Waals surface area contributed by atoms with Crippen LogP contribution < -0.4 is 0 Å². The van der Waals surface area contributed by atoms with Gasteiger partial charge in [-0.15, -0.1) is 0 Å². The number of aromatic nitrogens is 2. The Kier molecular flexibility index (Phi) is 8.83. The van der Waals surface area contributed by atoms with E-state index < -0.39 is 13.4 Å². The minimum absolute atomic E-state index is 0.109. The van der Waals surface area contributed by atoms with Gasteiger partial charge in [0, 0.05) is 23.2 Å². The van der Waals surface area contributed by atoms with Gasteiger partial charge in [0.05, 0.1) is 23.6 Å². The van der Waals surface area contributed by atoms with Crippen LogP contribution in [0.25, 0.3) is 11.4 Å². The third-order valence-electron chi connectivity index (χ3n) is 5.62. The number of carbonyl (C=O) groups excluding carboxylic acids is 1. The second-order valence-electron chi connectivity index (χ2n) is 8.29. The number of benzene rings is 3. The van der Waals surface area contributed by atoms with Crippen molar-refractivity contribution in [2.24, 2.45) is 4.99 Å². The van der Waals surface area contributed by atoms with Crippen molar-refractivity contribution in [3.63, 3.8) is 0 Å². The Morgan fingerprint density at radius 1 is 0.921 bits per heavy atom. The molecule has 0 saturated carbocycles. The number of halogens is 2. The summed E-state index contributed by atoms with van der Waals surface area (Å²) in [7, 11) is -2.87. The van der Waals surface area contributed by atoms with Crippen molar-refractivity contribution in [2.75, 3.05) is 13.2 Å². The number of aliphatic imine (C=N–C) groups is 1.